The second-order valence-electron chi connectivity index (χ2n) is 5.64. The number of rotatable bonds is 7. The highest BCUT2D eigenvalue weighted by Crippen LogP contribution is 2.36. The highest BCUT2D eigenvalue weighted by Gasteiger charge is 2.14. The van der Waals surface area contributed by atoms with Crippen LogP contribution in [0.5, 0.6) is 11.5 Å². The number of ether oxygens (including phenoxy) is 2. The Balaban J connectivity index is 2.09. The number of nitrogens with one attached hydrogen (secondary N) is 1. The summed E-state index contributed by atoms with van der Waals surface area (Å²) in [4.78, 5) is 12.2. The van der Waals surface area contributed by atoms with Crippen LogP contribution in [0.1, 0.15) is 23.6 Å². The summed E-state index contributed by atoms with van der Waals surface area (Å²) >= 11 is 3.39. The Kier molecular flexibility index (Phi) is 7.03. The van der Waals surface area contributed by atoms with E-state index >= 15 is 0 Å². The van der Waals surface area contributed by atoms with Gasteiger partial charge in [0.1, 0.15) is 0 Å². The molecule has 0 aliphatic heterocycles. The van der Waals surface area contributed by atoms with Gasteiger partial charge in [-0.05, 0) is 72.1 Å². The van der Waals surface area contributed by atoms with Crippen LogP contribution in [0.25, 0.3) is 0 Å². The number of aryl methyl sites for hydroxylation is 2. The van der Waals surface area contributed by atoms with E-state index in [1.54, 1.807) is 12.1 Å². The maximum Gasteiger partial charge on any atom is 0.262 e. The van der Waals surface area contributed by atoms with Gasteiger partial charge in [-0.15, -0.1) is 0 Å². The largest absolute Gasteiger partial charge is 0.490 e. The molecule has 0 aliphatic rings. The Morgan fingerprint density at radius 2 is 2.00 bits per heavy atom. The van der Waals surface area contributed by atoms with Gasteiger partial charge in [0, 0.05) is 11.3 Å². The van der Waals surface area contributed by atoms with Gasteiger partial charge in [0.05, 0.1) is 17.3 Å². The van der Waals surface area contributed by atoms with E-state index in [0.717, 1.165) is 16.8 Å². The van der Waals surface area contributed by atoms with Crippen molar-refractivity contribution in [2.45, 2.75) is 20.8 Å². The first-order valence-corrected chi connectivity index (χ1v) is 8.87. The molecule has 0 heterocycles. The lowest BCUT2D eigenvalue weighted by molar-refractivity contribution is -0.118. The van der Waals surface area contributed by atoms with Crippen molar-refractivity contribution >= 4 is 33.7 Å². The molecule has 2 aromatic carbocycles. The summed E-state index contributed by atoms with van der Waals surface area (Å²) in [5, 5.41) is 14.5. The Morgan fingerprint density at radius 1 is 1.23 bits per heavy atom. The van der Waals surface area contributed by atoms with E-state index in [1.165, 1.54) is 6.21 Å². The normalized spacial score (nSPS) is 10.8. The van der Waals surface area contributed by atoms with Gasteiger partial charge >= 0.3 is 0 Å². The minimum atomic E-state index is -0.274. The predicted molar refractivity (Wildman–Crippen MR) is 105 cm³/mol. The van der Waals surface area contributed by atoms with Crippen LogP contribution in [0, 0.1) is 13.8 Å². The second kappa shape index (κ2) is 9.24. The topological polar surface area (TPSA) is 80.2 Å². The van der Waals surface area contributed by atoms with Gasteiger partial charge in [-0.2, -0.15) is 0 Å². The lowest BCUT2D eigenvalue weighted by Gasteiger charge is -2.14. The average molecular weight is 421 g/mol. The zero-order chi connectivity index (χ0) is 19.1. The van der Waals surface area contributed by atoms with Crippen molar-refractivity contribution in [1.82, 2.24) is 0 Å². The maximum absolute atomic E-state index is 12.2. The number of nitrogens with zero attached hydrogens (tertiary/aromatic N) is 1. The van der Waals surface area contributed by atoms with Crippen molar-refractivity contribution in [2.75, 3.05) is 18.5 Å². The zero-order valence-corrected chi connectivity index (χ0v) is 16.5. The molecule has 138 valence electrons. The third-order valence-electron chi connectivity index (χ3n) is 3.68. The zero-order valence-electron chi connectivity index (χ0n) is 14.9. The van der Waals surface area contributed by atoms with Crippen LogP contribution in [-0.2, 0) is 4.79 Å². The SMILES string of the molecule is CCOc1cc(/C=N/O)cc(Br)c1OCC(=O)Nc1ccc(C)c(C)c1. The van der Waals surface area contributed by atoms with Gasteiger partial charge in [0.2, 0.25) is 0 Å². The van der Waals surface area contributed by atoms with Crippen LogP contribution >= 0.6 is 15.9 Å². The predicted octanol–water partition coefficient (Wildman–Crippen LogP) is 4.29. The van der Waals surface area contributed by atoms with Gasteiger partial charge in [-0.1, -0.05) is 11.2 Å². The minimum Gasteiger partial charge on any atom is -0.490 e. The molecule has 0 bridgehead atoms. The quantitative estimate of drug-likeness (QED) is 0.397. The van der Waals surface area contributed by atoms with Crippen LogP contribution < -0.4 is 14.8 Å². The van der Waals surface area contributed by atoms with Gasteiger partial charge in [-0.25, -0.2) is 0 Å². The van der Waals surface area contributed by atoms with Crippen LogP contribution in [0.3, 0.4) is 0 Å². The molecule has 1 amide bonds. The fourth-order valence-corrected chi connectivity index (χ4v) is 2.86. The summed E-state index contributed by atoms with van der Waals surface area (Å²) in [6.07, 6.45) is 1.28. The fourth-order valence-electron chi connectivity index (χ4n) is 2.29. The maximum atomic E-state index is 12.2. The molecular weight excluding hydrogens is 400 g/mol. The van der Waals surface area contributed by atoms with Crippen LogP contribution in [0.15, 0.2) is 40.0 Å². The first-order valence-electron chi connectivity index (χ1n) is 8.08. The molecule has 6 nitrogen and oxygen atoms in total. The second-order valence-corrected chi connectivity index (χ2v) is 6.50. The Labute approximate surface area is 160 Å². The molecule has 0 spiro atoms. The average Bonchev–Trinajstić information content (AvgIpc) is 2.58. The van der Waals surface area contributed by atoms with Crippen molar-refractivity contribution in [3.63, 3.8) is 0 Å². The number of carbonyl (C=O) groups is 1. The lowest BCUT2D eigenvalue weighted by Crippen LogP contribution is -2.20. The molecule has 2 N–H and O–H groups in total. The number of halogens is 1. The van der Waals surface area contributed by atoms with Crippen LogP contribution in [0.2, 0.25) is 0 Å². The molecule has 7 heteroatoms. The van der Waals surface area contributed by atoms with E-state index in [-0.39, 0.29) is 12.5 Å². The van der Waals surface area contributed by atoms with Crippen molar-refractivity contribution in [2.24, 2.45) is 5.16 Å². The number of oxime groups is 1. The van der Waals surface area contributed by atoms with E-state index in [4.69, 9.17) is 14.7 Å². The molecule has 2 rings (SSSR count). The number of benzene rings is 2. The molecular formula is C19H21BrN2O4. The van der Waals surface area contributed by atoms with E-state index in [2.05, 4.69) is 26.4 Å². The van der Waals surface area contributed by atoms with Gasteiger partial charge < -0.3 is 20.0 Å². The molecule has 0 aromatic heterocycles. The molecule has 2 aromatic rings. The van der Waals surface area contributed by atoms with Crippen molar-refractivity contribution in [3.05, 3.63) is 51.5 Å². The Hall–Kier alpha value is -2.54. The summed E-state index contributed by atoms with van der Waals surface area (Å²) in [6.45, 7) is 6.11. The first-order chi connectivity index (χ1) is 12.4. The third kappa shape index (κ3) is 5.23. The number of hydrogen-bond donors (Lipinski definition) is 2. The van der Waals surface area contributed by atoms with Crippen LogP contribution in [-0.4, -0.2) is 30.5 Å². The number of carbonyl (C=O) groups excluding carboxylic acids is 1. The third-order valence-corrected chi connectivity index (χ3v) is 4.27. The Bertz CT molecular complexity index is 821. The van der Waals surface area contributed by atoms with Crippen molar-refractivity contribution in [1.29, 1.82) is 0 Å². The molecule has 0 saturated carbocycles. The van der Waals surface area contributed by atoms with Crippen molar-refractivity contribution in [3.8, 4) is 11.5 Å². The molecule has 0 aliphatic carbocycles. The summed E-state index contributed by atoms with van der Waals surface area (Å²) in [5.74, 6) is 0.594. The first kappa shape index (κ1) is 19.8. The summed E-state index contributed by atoms with van der Waals surface area (Å²) < 4.78 is 11.8. The highest BCUT2D eigenvalue weighted by molar-refractivity contribution is 9.10. The fraction of sp³-hybridized carbons (Fsp3) is 0.263. The molecule has 0 fully saturated rings. The summed E-state index contributed by atoms with van der Waals surface area (Å²) in [5.41, 5.74) is 3.62. The number of amides is 1. The van der Waals surface area contributed by atoms with Crippen molar-refractivity contribution < 1.29 is 19.5 Å². The minimum absolute atomic E-state index is 0.168. The van der Waals surface area contributed by atoms with E-state index in [0.29, 0.717) is 28.1 Å². The molecule has 26 heavy (non-hydrogen) atoms. The highest BCUT2D eigenvalue weighted by atomic mass is 79.9. The van der Waals surface area contributed by atoms with E-state index in [9.17, 15) is 4.79 Å². The molecule has 0 saturated heterocycles. The molecule has 0 atom stereocenters. The summed E-state index contributed by atoms with van der Waals surface area (Å²) in [6, 6.07) is 9.10. The lowest BCUT2D eigenvalue weighted by atomic mass is 10.1. The van der Waals surface area contributed by atoms with Gasteiger partial charge in [-0.3, -0.25) is 4.79 Å². The standard InChI is InChI=1S/C19H21BrN2O4/c1-4-25-17-9-14(10-21-24)8-16(20)19(17)26-11-18(23)22-15-6-5-12(2)13(3)7-15/h5-10,24H,4,11H2,1-3H3,(H,22,23)/b21-10+. The number of hydrogen-bond acceptors (Lipinski definition) is 5. The van der Waals surface area contributed by atoms with E-state index in [1.807, 2.05) is 39.0 Å². The van der Waals surface area contributed by atoms with Gasteiger partial charge in [0.15, 0.2) is 18.1 Å². The molecule has 0 radical (unpaired) electrons. The smallest absolute Gasteiger partial charge is 0.262 e. The Morgan fingerprint density at radius 3 is 2.65 bits per heavy atom. The number of anilines is 1. The van der Waals surface area contributed by atoms with Crippen LogP contribution in [0.4, 0.5) is 5.69 Å². The van der Waals surface area contributed by atoms with Gasteiger partial charge in [0.25, 0.3) is 5.91 Å². The summed E-state index contributed by atoms with van der Waals surface area (Å²) in [7, 11) is 0. The molecule has 0 unspecified atom stereocenters. The monoisotopic (exact) mass is 420 g/mol. The van der Waals surface area contributed by atoms with E-state index < -0.39 is 0 Å².